The topological polar surface area (TPSA) is 9.23 Å². The van der Waals surface area contributed by atoms with Crippen molar-refractivity contribution in [3.63, 3.8) is 0 Å². The molecule has 0 bridgehead atoms. The molecule has 1 aromatic carbocycles. The fraction of sp³-hybridized carbons (Fsp3) is 0.636. The minimum Gasteiger partial charge on any atom is -0.403 e. The summed E-state index contributed by atoms with van der Waals surface area (Å²) in [7, 11) is 0. The monoisotopic (exact) mass is 384 g/mol. The van der Waals surface area contributed by atoms with E-state index in [2.05, 4.69) is 17.7 Å². The Kier molecular flexibility index (Phi) is 6.48. The second kappa shape index (κ2) is 8.66. The van der Waals surface area contributed by atoms with Crippen molar-refractivity contribution in [1.82, 2.24) is 0 Å². The molecule has 1 aromatic rings. The number of allylic oxidation sites excluding steroid dienone is 2. The molecule has 1 atom stereocenters. The molecule has 1 saturated carbocycles. The van der Waals surface area contributed by atoms with Gasteiger partial charge >= 0.3 is 6.36 Å². The summed E-state index contributed by atoms with van der Waals surface area (Å²) in [6, 6.07) is 3.84. The molecule has 0 heterocycles. The van der Waals surface area contributed by atoms with E-state index in [4.69, 9.17) is 0 Å². The van der Waals surface area contributed by atoms with Gasteiger partial charge in [-0.05, 0) is 80.4 Å². The molecule has 2 aliphatic rings. The Balaban J connectivity index is 1.58. The first-order valence-corrected chi connectivity index (χ1v) is 10.1. The SMILES string of the molecule is CCCC1CCC(C2=CCC(c3ccc(OC(F)(F)F)c(F)c3)CC2)CC1. The first kappa shape index (κ1) is 20.2. The first-order chi connectivity index (χ1) is 12.9. The van der Waals surface area contributed by atoms with E-state index in [9.17, 15) is 17.6 Å². The van der Waals surface area contributed by atoms with Crippen molar-refractivity contribution >= 4 is 0 Å². The number of ether oxygens (including phenoxy) is 1. The summed E-state index contributed by atoms with van der Waals surface area (Å²) < 4.78 is 54.5. The van der Waals surface area contributed by atoms with Gasteiger partial charge in [-0.15, -0.1) is 13.2 Å². The number of halogens is 4. The average molecular weight is 384 g/mol. The van der Waals surface area contributed by atoms with Crippen LogP contribution in [0.25, 0.3) is 0 Å². The Morgan fingerprint density at radius 1 is 1.04 bits per heavy atom. The average Bonchev–Trinajstić information content (AvgIpc) is 2.63. The van der Waals surface area contributed by atoms with Crippen LogP contribution < -0.4 is 4.74 Å². The molecule has 5 heteroatoms. The van der Waals surface area contributed by atoms with E-state index in [1.807, 2.05) is 0 Å². The molecule has 1 fully saturated rings. The lowest BCUT2D eigenvalue weighted by Gasteiger charge is -2.33. The highest BCUT2D eigenvalue weighted by atomic mass is 19.4. The normalized spacial score (nSPS) is 26.6. The molecule has 150 valence electrons. The Labute approximate surface area is 158 Å². The highest BCUT2D eigenvalue weighted by Crippen LogP contribution is 2.42. The number of benzene rings is 1. The van der Waals surface area contributed by atoms with Crippen LogP contribution in [0.2, 0.25) is 0 Å². The van der Waals surface area contributed by atoms with E-state index in [0.717, 1.165) is 36.8 Å². The third kappa shape index (κ3) is 5.49. The van der Waals surface area contributed by atoms with Crippen LogP contribution in [0.1, 0.15) is 76.2 Å². The molecule has 1 nitrogen and oxygen atoms in total. The van der Waals surface area contributed by atoms with Gasteiger partial charge < -0.3 is 4.74 Å². The van der Waals surface area contributed by atoms with Gasteiger partial charge in [0.15, 0.2) is 11.6 Å². The van der Waals surface area contributed by atoms with Crippen molar-refractivity contribution in [2.75, 3.05) is 0 Å². The van der Waals surface area contributed by atoms with E-state index in [0.29, 0.717) is 5.92 Å². The Bertz CT molecular complexity index is 657. The van der Waals surface area contributed by atoms with Crippen LogP contribution in [-0.2, 0) is 0 Å². The summed E-state index contributed by atoms with van der Waals surface area (Å²) in [6.45, 7) is 2.25. The molecule has 0 amide bonds. The van der Waals surface area contributed by atoms with Gasteiger partial charge in [0.2, 0.25) is 0 Å². The summed E-state index contributed by atoms with van der Waals surface area (Å²) in [6.07, 6.45) is 8.02. The molecule has 0 aliphatic heterocycles. The van der Waals surface area contributed by atoms with Gasteiger partial charge in [0.05, 0.1) is 0 Å². The largest absolute Gasteiger partial charge is 0.573 e. The minimum absolute atomic E-state index is 0.166. The second-order valence-electron chi connectivity index (χ2n) is 7.99. The molecular weight excluding hydrogens is 356 g/mol. The zero-order valence-electron chi connectivity index (χ0n) is 15.8. The van der Waals surface area contributed by atoms with Crippen LogP contribution in [-0.4, -0.2) is 6.36 Å². The molecule has 0 N–H and O–H groups in total. The van der Waals surface area contributed by atoms with E-state index in [1.165, 1.54) is 44.6 Å². The maximum Gasteiger partial charge on any atom is 0.573 e. The lowest BCUT2D eigenvalue weighted by atomic mass is 9.73. The number of hydrogen-bond acceptors (Lipinski definition) is 1. The smallest absolute Gasteiger partial charge is 0.403 e. The Morgan fingerprint density at radius 3 is 2.33 bits per heavy atom. The van der Waals surface area contributed by atoms with Gasteiger partial charge in [-0.3, -0.25) is 0 Å². The molecule has 1 unspecified atom stereocenters. The second-order valence-corrected chi connectivity index (χ2v) is 7.99. The predicted octanol–water partition coefficient (Wildman–Crippen LogP) is 7.52. The molecular formula is C22H28F4O. The van der Waals surface area contributed by atoms with Gasteiger partial charge in [0.1, 0.15) is 0 Å². The molecule has 0 spiro atoms. The number of rotatable bonds is 5. The van der Waals surface area contributed by atoms with Crippen molar-refractivity contribution in [2.45, 2.75) is 77.0 Å². The van der Waals surface area contributed by atoms with E-state index in [1.54, 1.807) is 11.6 Å². The fourth-order valence-corrected chi connectivity index (χ4v) is 4.74. The van der Waals surface area contributed by atoms with Crippen molar-refractivity contribution in [3.05, 3.63) is 41.2 Å². The van der Waals surface area contributed by atoms with Crippen LogP contribution in [0.3, 0.4) is 0 Å². The molecule has 3 rings (SSSR count). The van der Waals surface area contributed by atoms with E-state index >= 15 is 0 Å². The highest BCUT2D eigenvalue weighted by molar-refractivity contribution is 5.33. The highest BCUT2D eigenvalue weighted by Gasteiger charge is 2.32. The zero-order valence-corrected chi connectivity index (χ0v) is 15.8. The van der Waals surface area contributed by atoms with Gasteiger partial charge in [0, 0.05) is 0 Å². The van der Waals surface area contributed by atoms with Crippen LogP contribution in [0, 0.1) is 17.7 Å². The molecule has 0 radical (unpaired) electrons. The predicted molar refractivity (Wildman–Crippen MR) is 98.1 cm³/mol. The van der Waals surface area contributed by atoms with Crippen LogP contribution >= 0.6 is 0 Å². The lowest BCUT2D eigenvalue weighted by molar-refractivity contribution is -0.275. The maximum absolute atomic E-state index is 14.0. The van der Waals surface area contributed by atoms with Crippen molar-refractivity contribution in [1.29, 1.82) is 0 Å². The van der Waals surface area contributed by atoms with Gasteiger partial charge in [-0.2, -0.15) is 0 Å². The molecule has 0 aromatic heterocycles. The van der Waals surface area contributed by atoms with Crippen LogP contribution in [0.15, 0.2) is 29.8 Å². The lowest BCUT2D eigenvalue weighted by Crippen LogP contribution is -2.19. The van der Waals surface area contributed by atoms with Crippen molar-refractivity contribution < 1.29 is 22.3 Å². The summed E-state index contributed by atoms with van der Waals surface area (Å²) in [5.41, 5.74) is 2.29. The van der Waals surface area contributed by atoms with Crippen molar-refractivity contribution in [2.24, 2.45) is 11.8 Å². The van der Waals surface area contributed by atoms with E-state index < -0.39 is 17.9 Å². The Hall–Kier alpha value is -1.52. The number of alkyl halides is 3. The summed E-state index contributed by atoms with van der Waals surface area (Å²) in [5, 5.41) is 0. The quantitative estimate of drug-likeness (QED) is 0.377. The summed E-state index contributed by atoms with van der Waals surface area (Å²) in [5.74, 6) is 0.0394. The van der Waals surface area contributed by atoms with Gasteiger partial charge in [0.25, 0.3) is 0 Å². The summed E-state index contributed by atoms with van der Waals surface area (Å²) in [4.78, 5) is 0. The first-order valence-electron chi connectivity index (χ1n) is 10.1. The zero-order chi connectivity index (χ0) is 19.4. The minimum atomic E-state index is -4.87. The molecule has 0 saturated heterocycles. The third-order valence-electron chi connectivity index (χ3n) is 6.17. The standard InChI is InChI=1S/C22H28F4O/c1-2-3-15-4-6-16(7-5-15)17-8-10-18(11-9-17)19-12-13-21(20(23)14-19)27-22(24,25)26/h8,12-16,18H,2-7,9-11H2,1H3. The van der Waals surface area contributed by atoms with Gasteiger partial charge in [-0.25, -0.2) is 4.39 Å². The maximum atomic E-state index is 14.0. The summed E-state index contributed by atoms with van der Waals surface area (Å²) >= 11 is 0. The molecule has 2 aliphatic carbocycles. The van der Waals surface area contributed by atoms with Crippen LogP contribution in [0.4, 0.5) is 17.6 Å². The van der Waals surface area contributed by atoms with E-state index in [-0.39, 0.29) is 5.92 Å². The fourth-order valence-electron chi connectivity index (χ4n) is 4.74. The number of hydrogen-bond donors (Lipinski definition) is 0. The van der Waals surface area contributed by atoms with Crippen LogP contribution in [0.5, 0.6) is 5.75 Å². The Morgan fingerprint density at radius 2 is 1.78 bits per heavy atom. The van der Waals surface area contributed by atoms with Crippen molar-refractivity contribution in [3.8, 4) is 5.75 Å². The third-order valence-corrected chi connectivity index (χ3v) is 6.17. The molecule has 27 heavy (non-hydrogen) atoms. The van der Waals surface area contributed by atoms with Gasteiger partial charge in [-0.1, -0.05) is 37.5 Å².